The van der Waals surface area contributed by atoms with Gasteiger partial charge in [0.1, 0.15) is 17.3 Å². The molecule has 2 aromatic carbocycles. The molecule has 4 rings (SSSR count). The molecule has 10 heteroatoms. The van der Waals surface area contributed by atoms with Gasteiger partial charge in [0.2, 0.25) is 5.91 Å². The Hall–Kier alpha value is -4.21. The number of rotatable bonds is 6. The molecule has 0 saturated carbocycles. The number of aromatic nitrogens is 4. The summed E-state index contributed by atoms with van der Waals surface area (Å²) >= 11 is 0. The number of nitrogens with one attached hydrogen (secondary N) is 2. The zero-order valence-electron chi connectivity index (χ0n) is 16.2. The summed E-state index contributed by atoms with van der Waals surface area (Å²) in [6.45, 7) is -1.52. The lowest BCUT2D eigenvalue weighted by molar-refractivity contribution is -0.114. The van der Waals surface area contributed by atoms with Crippen molar-refractivity contribution >= 4 is 34.0 Å². The fourth-order valence-corrected chi connectivity index (χ4v) is 2.92. The third kappa shape index (κ3) is 4.86. The van der Waals surface area contributed by atoms with Gasteiger partial charge >= 0.3 is 6.61 Å². The predicted molar refractivity (Wildman–Crippen MR) is 111 cm³/mol. The average Bonchev–Trinajstić information content (AvgIpc) is 2.74. The molecule has 2 aromatic heterocycles. The molecule has 0 aliphatic carbocycles. The molecule has 31 heavy (non-hydrogen) atoms. The predicted octanol–water partition coefficient (Wildman–Crippen LogP) is 4.39. The Morgan fingerprint density at radius 1 is 1.06 bits per heavy atom. The van der Waals surface area contributed by atoms with Gasteiger partial charge in [-0.25, -0.2) is 15.0 Å². The maximum Gasteiger partial charge on any atom is 0.387 e. The number of carbonyl (C=O) groups is 1. The molecule has 0 fully saturated rings. The first-order valence-corrected chi connectivity index (χ1v) is 9.15. The fraction of sp³-hybridized carbons (Fsp3) is 0.0952. The Morgan fingerprint density at radius 3 is 2.68 bits per heavy atom. The van der Waals surface area contributed by atoms with Crippen LogP contribution in [-0.2, 0) is 4.79 Å². The Balaban J connectivity index is 1.81. The summed E-state index contributed by atoms with van der Waals surface area (Å²) in [5.74, 6) is 0.511. The summed E-state index contributed by atoms with van der Waals surface area (Å²) in [6, 6.07) is 11.3. The first kappa shape index (κ1) is 20.1. The van der Waals surface area contributed by atoms with E-state index in [4.69, 9.17) is 0 Å². The van der Waals surface area contributed by atoms with E-state index in [1.165, 1.54) is 37.6 Å². The second-order valence-corrected chi connectivity index (χ2v) is 6.43. The van der Waals surface area contributed by atoms with Gasteiger partial charge in [-0.2, -0.15) is 8.78 Å². The fourth-order valence-electron chi connectivity index (χ4n) is 2.92. The first-order valence-electron chi connectivity index (χ1n) is 9.15. The van der Waals surface area contributed by atoms with Crippen molar-refractivity contribution < 1.29 is 18.3 Å². The van der Waals surface area contributed by atoms with Crippen LogP contribution in [-0.4, -0.2) is 32.5 Å². The van der Waals surface area contributed by atoms with E-state index in [0.717, 1.165) is 0 Å². The molecule has 0 saturated heterocycles. The standard InChI is InChI=1S/C21H16F2N6O2/c1-12(30)26-14-5-6-17-16(10-14)19(29-20(28-17)18-11-24-7-8-25-18)27-13-3-2-4-15(9-13)31-21(22)23/h2-11,21H,1H3,(H,26,30)(H,27,28,29). The first-order chi connectivity index (χ1) is 15.0. The normalized spacial score (nSPS) is 10.8. The van der Waals surface area contributed by atoms with Crippen LogP contribution in [0.25, 0.3) is 22.4 Å². The molecule has 0 unspecified atom stereocenters. The highest BCUT2D eigenvalue weighted by molar-refractivity contribution is 5.97. The zero-order chi connectivity index (χ0) is 21.8. The number of fused-ring (bicyclic) bond motifs is 1. The van der Waals surface area contributed by atoms with Crippen molar-refractivity contribution in [1.82, 2.24) is 19.9 Å². The van der Waals surface area contributed by atoms with E-state index < -0.39 is 6.61 Å². The number of hydrogen-bond donors (Lipinski definition) is 2. The highest BCUT2D eigenvalue weighted by Crippen LogP contribution is 2.30. The molecule has 0 atom stereocenters. The van der Waals surface area contributed by atoms with E-state index in [1.807, 2.05) is 0 Å². The largest absolute Gasteiger partial charge is 0.435 e. The molecular weight excluding hydrogens is 406 g/mol. The molecule has 0 radical (unpaired) electrons. The second kappa shape index (κ2) is 8.66. The van der Waals surface area contributed by atoms with Crippen LogP contribution in [0.5, 0.6) is 5.75 Å². The third-order valence-electron chi connectivity index (χ3n) is 4.13. The molecule has 1 amide bonds. The van der Waals surface area contributed by atoms with Crippen LogP contribution >= 0.6 is 0 Å². The molecule has 8 nitrogen and oxygen atoms in total. The van der Waals surface area contributed by atoms with Gasteiger partial charge in [0, 0.05) is 42.1 Å². The lowest BCUT2D eigenvalue weighted by atomic mass is 10.2. The number of benzene rings is 2. The highest BCUT2D eigenvalue weighted by Gasteiger charge is 2.13. The number of alkyl halides is 2. The van der Waals surface area contributed by atoms with Crippen LogP contribution in [0.2, 0.25) is 0 Å². The SMILES string of the molecule is CC(=O)Nc1ccc2nc(-c3cnccn3)nc(Nc3cccc(OC(F)F)c3)c2c1. The van der Waals surface area contributed by atoms with Crippen LogP contribution in [0.4, 0.5) is 26.0 Å². The van der Waals surface area contributed by atoms with Crippen LogP contribution in [0.3, 0.4) is 0 Å². The van der Waals surface area contributed by atoms with Crippen molar-refractivity contribution in [2.24, 2.45) is 0 Å². The summed E-state index contributed by atoms with van der Waals surface area (Å²) < 4.78 is 29.6. The maximum absolute atomic E-state index is 12.6. The van der Waals surface area contributed by atoms with Crippen LogP contribution in [0.1, 0.15) is 6.92 Å². The quantitative estimate of drug-likeness (QED) is 0.475. The topological polar surface area (TPSA) is 102 Å². The minimum atomic E-state index is -2.93. The lowest BCUT2D eigenvalue weighted by Crippen LogP contribution is -2.06. The lowest BCUT2D eigenvalue weighted by Gasteiger charge is -2.13. The van der Waals surface area contributed by atoms with Crippen LogP contribution in [0, 0.1) is 0 Å². The van der Waals surface area contributed by atoms with E-state index in [-0.39, 0.29) is 11.7 Å². The van der Waals surface area contributed by atoms with E-state index in [1.54, 1.807) is 30.3 Å². The molecular formula is C21H16F2N6O2. The molecule has 2 N–H and O–H groups in total. The second-order valence-electron chi connectivity index (χ2n) is 6.43. The molecule has 0 aliphatic heterocycles. The van der Waals surface area contributed by atoms with Crippen LogP contribution < -0.4 is 15.4 Å². The van der Waals surface area contributed by atoms with Gasteiger partial charge in [0.25, 0.3) is 0 Å². The van der Waals surface area contributed by atoms with Gasteiger partial charge in [0.05, 0.1) is 11.7 Å². The van der Waals surface area contributed by atoms with Gasteiger partial charge in [-0.05, 0) is 30.3 Å². The average molecular weight is 422 g/mol. The van der Waals surface area contributed by atoms with Crippen molar-refractivity contribution in [3.05, 3.63) is 61.1 Å². The summed E-state index contributed by atoms with van der Waals surface area (Å²) in [5.41, 5.74) is 2.10. The van der Waals surface area contributed by atoms with Crippen molar-refractivity contribution in [3.63, 3.8) is 0 Å². The van der Waals surface area contributed by atoms with E-state index in [2.05, 4.69) is 35.3 Å². The Labute approximate surface area is 175 Å². The van der Waals surface area contributed by atoms with Gasteiger partial charge in [-0.3, -0.25) is 9.78 Å². The Morgan fingerprint density at radius 2 is 1.94 bits per heavy atom. The highest BCUT2D eigenvalue weighted by atomic mass is 19.3. The summed E-state index contributed by atoms with van der Waals surface area (Å²) in [6.07, 6.45) is 4.60. The van der Waals surface area contributed by atoms with Gasteiger partial charge < -0.3 is 15.4 Å². The molecule has 2 heterocycles. The third-order valence-corrected chi connectivity index (χ3v) is 4.13. The van der Waals surface area contributed by atoms with Crippen molar-refractivity contribution in [3.8, 4) is 17.3 Å². The molecule has 4 aromatic rings. The van der Waals surface area contributed by atoms with Gasteiger partial charge in [-0.1, -0.05) is 6.07 Å². The molecule has 0 aliphatic rings. The van der Waals surface area contributed by atoms with Crippen molar-refractivity contribution in [1.29, 1.82) is 0 Å². The number of amides is 1. The number of halogens is 2. The van der Waals surface area contributed by atoms with Crippen molar-refractivity contribution in [2.75, 3.05) is 10.6 Å². The Kier molecular flexibility index (Phi) is 5.61. The smallest absolute Gasteiger partial charge is 0.387 e. The van der Waals surface area contributed by atoms with Gasteiger partial charge in [-0.15, -0.1) is 0 Å². The van der Waals surface area contributed by atoms with Crippen LogP contribution in [0.15, 0.2) is 61.1 Å². The number of ether oxygens (including phenoxy) is 1. The van der Waals surface area contributed by atoms with E-state index in [9.17, 15) is 13.6 Å². The maximum atomic E-state index is 12.6. The monoisotopic (exact) mass is 422 g/mol. The van der Waals surface area contributed by atoms with E-state index in [0.29, 0.717) is 39.6 Å². The number of anilines is 3. The summed E-state index contributed by atoms with van der Waals surface area (Å²) in [7, 11) is 0. The minimum absolute atomic E-state index is 0.00597. The molecule has 156 valence electrons. The molecule has 0 spiro atoms. The zero-order valence-corrected chi connectivity index (χ0v) is 16.2. The summed E-state index contributed by atoms with van der Waals surface area (Å²) in [5, 5.41) is 6.44. The number of carbonyl (C=O) groups excluding carboxylic acids is 1. The van der Waals surface area contributed by atoms with Gasteiger partial charge in [0.15, 0.2) is 5.82 Å². The Bertz CT molecular complexity index is 1240. The molecule has 0 bridgehead atoms. The minimum Gasteiger partial charge on any atom is -0.435 e. The summed E-state index contributed by atoms with van der Waals surface area (Å²) in [4.78, 5) is 28.8. The number of hydrogen-bond acceptors (Lipinski definition) is 7. The number of nitrogens with zero attached hydrogens (tertiary/aromatic N) is 4. The van der Waals surface area contributed by atoms with Crippen molar-refractivity contribution in [2.45, 2.75) is 13.5 Å². The van der Waals surface area contributed by atoms with E-state index >= 15 is 0 Å².